The van der Waals surface area contributed by atoms with Crippen LogP contribution in [0.5, 0.6) is 0 Å². The second-order valence-electron chi connectivity index (χ2n) is 3.56. The second kappa shape index (κ2) is 3.85. The lowest BCUT2D eigenvalue weighted by atomic mass is 10.2. The Labute approximate surface area is 77.5 Å². The third kappa shape index (κ3) is 2.26. The van der Waals surface area contributed by atoms with Gasteiger partial charge in [0.2, 0.25) is 0 Å². The summed E-state index contributed by atoms with van der Waals surface area (Å²) in [5.74, 6) is 0.912. The van der Waals surface area contributed by atoms with Gasteiger partial charge in [-0.05, 0) is 20.0 Å². The summed E-state index contributed by atoms with van der Waals surface area (Å²) in [6.45, 7) is 3.11. The van der Waals surface area contributed by atoms with Gasteiger partial charge in [0.15, 0.2) is 0 Å². The summed E-state index contributed by atoms with van der Waals surface area (Å²) in [6.07, 6.45) is 2.77. The van der Waals surface area contributed by atoms with E-state index in [2.05, 4.69) is 32.4 Å². The van der Waals surface area contributed by atoms with Crippen LogP contribution in [-0.2, 0) is 6.54 Å². The molecule has 1 fully saturated rings. The number of aromatic amines is 1. The molecule has 0 spiro atoms. The highest BCUT2D eigenvalue weighted by atomic mass is 15.2. The number of hydrogen-bond donors (Lipinski definition) is 2. The van der Waals surface area contributed by atoms with Crippen LogP contribution >= 0.6 is 0 Å². The summed E-state index contributed by atoms with van der Waals surface area (Å²) in [7, 11) is 2.15. The average Bonchev–Trinajstić information content (AvgIpc) is 2.71. The minimum absolute atomic E-state index is 0.607. The van der Waals surface area contributed by atoms with E-state index in [0.29, 0.717) is 6.04 Å². The van der Waals surface area contributed by atoms with Crippen LogP contribution in [0, 0.1) is 0 Å². The van der Waals surface area contributed by atoms with Gasteiger partial charge in [-0.3, -0.25) is 5.10 Å². The Morgan fingerprint density at radius 2 is 2.69 bits per heavy atom. The van der Waals surface area contributed by atoms with E-state index in [-0.39, 0.29) is 0 Å². The van der Waals surface area contributed by atoms with Gasteiger partial charge in [-0.2, -0.15) is 5.10 Å². The van der Waals surface area contributed by atoms with Gasteiger partial charge in [0.25, 0.3) is 0 Å². The summed E-state index contributed by atoms with van der Waals surface area (Å²) in [5, 5.41) is 10.1. The summed E-state index contributed by atoms with van der Waals surface area (Å²) in [5.41, 5.74) is 0. The van der Waals surface area contributed by atoms with Crippen LogP contribution in [0.1, 0.15) is 12.2 Å². The predicted octanol–water partition coefficient (Wildman–Crippen LogP) is -0.402. The lowest BCUT2D eigenvalue weighted by Crippen LogP contribution is -2.31. The fraction of sp³-hybridized carbons (Fsp3) is 0.750. The van der Waals surface area contributed by atoms with Crippen LogP contribution in [-0.4, -0.2) is 46.3 Å². The molecule has 5 heteroatoms. The maximum atomic E-state index is 4.05. The quantitative estimate of drug-likeness (QED) is 0.666. The third-order valence-corrected chi connectivity index (χ3v) is 2.41. The lowest BCUT2D eigenvalue weighted by Gasteiger charge is -2.10. The molecule has 1 aliphatic rings. The van der Waals surface area contributed by atoms with E-state index >= 15 is 0 Å². The van der Waals surface area contributed by atoms with Gasteiger partial charge in [0.1, 0.15) is 12.2 Å². The van der Waals surface area contributed by atoms with Gasteiger partial charge in [-0.15, -0.1) is 0 Å². The first-order chi connectivity index (χ1) is 6.34. The van der Waals surface area contributed by atoms with Crippen molar-refractivity contribution < 1.29 is 0 Å². The summed E-state index contributed by atoms with van der Waals surface area (Å²) in [6, 6.07) is 0.607. The molecule has 1 aromatic heterocycles. The van der Waals surface area contributed by atoms with Crippen molar-refractivity contribution in [2.24, 2.45) is 0 Å². The molecule has 0 aliphatic carbocycles. The van der Waals surface area contributed by atoms with Crippen molar-refractivity contribution in [2.75, 3.05) is 20.1 Å². The maximum Gasteiger partial charge on any atom is 0.138 e. The van der Waals surface area contributed by atoms with E-state index in [9.17, 15) is 0 Å². The highest BCUT2D eigenvalue weighted by Crippen LogP contribution is 2.06. The minimum atomic E-state index is 0.607. The molecule has 5 nitrogen and oxygen atoms in total. The van der Waals surface area contributed by atoms with Gasteiger partial charge >= 0.3 is 0 Å². The zero-order valence-corrected chi connectivity index (χ0v) is 7.82. The van der Waals surface area contributed by atoms with E-state index in [1.807, 2.05) is 0 Å². The SMILES string of the molecule is CN1CCC(NCc2ncn[nH]2)C1. The number of hydrogen-bond acceptors (Lipinski definition) is 4. The molecule has 0 amide bonds. The molecule has 13 heavy (non-hydrogen) atoms. The van der Waals surface area contributed by atoms with Gasteiger partial charge in [0, 0.05) is 12.6 Å². The first kappa shape index (κ1) is 8.65. The van der Waals surface area contributed by atoms with Crippen molar-refractivity contribution in [3.05, 3.63) is 12.2 Å². The Balaban J connectivity index is 1.74. The van der Waals surface area contributed by atoms with E-state index < -0.39 is 0 Å². The summed E-state index contributed by atoms with van der Waals surface area (Å²) < 4.78 is 0. The Hall–Kier alpha value is -0.940. The molecule has 1 atom stereocenters. The van der Waals surface area contributed by atoms with Gasteiger partial charge in [-0.1, -0.05) is 0 Å². The zero-order valence-electron chi connectivity index (χ0n) is 7.82. The van der Waals surface area contributed by atoms with E-state index in [4.69, 9.17) is 0 Å². The van der Waals surface area contributed by atoms with Crippen molar-refractivity contribution in [1.82, 2.24) is 25.4 Å². The van der Waals surface area contributed by atoms with E-state index in [1.54, 1.807) is 0 Å². The van der Waals surface area contributed by atoms with Crippen LogP contribution in [0.3, 0.4) is 0 Å². The second-order valence-corrected chi connectivity index (χ2v) is 3.56. The number of nitrogens with one attached hydrogen (secondary N) is 2. The average molecular weight is 181 g/mol. The highest BCUT2D eigenvalue weighted by Gasteiger charge is 2.18. The van der Waals surface area contributed by atoms with Gasteiger partial charge < -0.3 is 10.2 Å². The number of aromatic nitrogens is 3. The molecule has 1 aromatic rings. The molecule has 0 aromatic carbocycles. The molecule has 2 heterocycles. The van der Waals surface area contributed by atoms with Crippen molar-refractivity contribution in [1.29, 1.82) is 0 Å². The molecule has 2 N–H and O–H groups in total. The fourth-order valence-electron chi connectivity index (χ4n) is 1.66. The van der Waals surface area contributed by atoms with Crippen LogP contribution < -0.4 is 5.32 Å². The Morgan fingerprint density at radius 3 is 3.31 bits per heavy atom. The Morgan fingerprint density at radius 1 is 1.77 bits per heavy atom. The Kier molecular flexibility index (Phi) is 2.56. The first-order valence-electron chi connectivity index (χ1n) is 4.61. The number of likely N-dealkylation sites (N-methyl/N-ethyl adjacent to an activating group) is 1. The predicted molar refractivity (Wildman–Crippen MR) is 49.1 cm³/mol. The lowest BCUT2D eigenvalue weighted by molar-refractivity contribution is 0.396. The largest absolute Gasteiger partial charge is 0.306 e. The standard InChI is InChI=1S/C8H15N5/c1-13-3-2-7(5-13)9-4-8-10-6-11-12-8/h6-7,9H,2-5H2,1H3,(H,10,11,12). The van der Waals surface area contributed by atoms with Gasteiger partial charge in [-0.25, -0.2) is 4.98 Å². The number of nitrogens with zero attached hydrogens (tertiary/aromatic N) is 3. The van der Waals surface area contributed by atoms with Crippen molar-refractivity contribution in [2.45, 2.75) is 19.0 Å². The molecule has 1 aliphatic heterocycles. The van der Waals surface area contributed by atoms with Crippen molar-refractivity contribution >= 4 is 0 Å². The smallest absolute Gasteiger partial charge is 0.138 e. The third-order valence-electron chi connectivity index (χ3n) is 2.41. The number of H-pyrrole nitrogens is 1. The monoisotopic (exact) mass is 181 g/mol. The van der Waals surface area contributed by atoms with Gasteiger partial charge in [0.05, 0.1) is 6.54 Å². The fourth-order valence-corrected chi connectivity index (χ4v) is 1.66. The van der Waals surface area contributed by atoms with Crippen molar-refractivity contribution in [3.63, 3.8) is 0 Å². The topological polar surface area (TPSA) is 56.8 Å². The van der Waals surface area contributed by atoms with E-state index in [1.165, 1.54) is 19.3 Å². The maximum absolute atomic E-state index is 4.05. The normalized spacial score (nSPS) is 23.9. The number of likely N-dealkylation sites (tertiary alicyclic amines) is 1. The molecule has 1 saturated heterocycles. The Bertz CT molecular complexity index is 245. The molecule has 0 bridgehead atoms. The van der Waals surface area contributed by atoms with Crippen LogP contribution in [0.4, 0.5) is 0 Å². The molecule has 2 rings (SSSR count). The first-order valence-corrected chi connectivity index (χ1v) is 4.61. The highest BCUT2D eigenvalue weighted by molar-refractivity contribution is 4.84. The number of rotatable bonds is 3. The summed E-state index contributed by atoms with van der Waals surface area (Å²) >= 11 is 0. The van der Waals surface area contributed by atoms with Crippen LogP contribution in [0.25, 0.3) is 0 Å². The summed E-state index contributed by atoms with van der Waals surface area (Å²) in [4.78, 5) is 6.38. The molecule has 0 saturated carbocycles. The molecular formula is C8H15N5. The molecule has 1 unspecified atom stereocenters. The zero-order chi connectivity index (χ0) is 9.10. The minimum Gasteiger partial charge on any atom is -0.306 e. The van der Waals surface area contributed by atoms with Crippen molar-refractivity contribution in [3.8, 4) is 0 Å². The molecule has 72 valence electrons. The van der Waals surface area contributed by atoms with Crippen LogP contribution in [0.15, 0.2) is 6.33 Å². The van der Waals surface area contributed by atoms with E-state index in [0.717, 1.165) is 18.9 Å². The van der Waals surface area contributed by atoms with Crippen LogP contribution in [0.2, 0.25) is 0 Å². The molecular weight excluding hydrogens is 166 g/mol. The molecule has 0 radical (unpaired) electrons.